The minimum Gasteiger partial charge on any atom is -0.494 e. The normalized spacial score (nSPS) is 17.3. The standard InChI is InChI=1S/C37H45NO7/c39-24-33(40)27-42-19-20-44-35-14-9-30-8-7-29(21-32(30)22-35)26-45-37-23-38-16-15-36(37)31-10-12-34(13-11-31)43-18-4-17-41-25-28-5-2-1-3-6-28/h1-3,5-14,21-22,33,36-40H,4,15-20,23-27H2. The second kappa shape index (κ2) is 17.8. The maximum absolute atomic E-state index is 9.36. The molecule has 3 unspecified atom stereocenters. The molecule has 3 atom stereocenters. The molecule has 0 bridgehead atoms. The highest BCUT2D eigenvalue weighted by molar-refractivity contribution is 5.84. The topological polar surface area (TPSA) is 98.6 Å². The first-order chi connectivity index (χ1) is 22.2. The van der Waals surface area contributed by atoms with E-state index in [1.54, 1.807) is 0 Å². The molecule has 4 aromatic carbocycles. The number of fused-ring (bicyclic) bond motifs is 1. The highest BCUT2D eigenvalue weighted by Crippen LogP contribution is 2.30. The number of benzene rings is 4. The summed E-state index contributed by atoms with van der Waals surface area (Å²) in [6.07, 6.45) is 1.07. The largest absolute Gasteiger partial charge is 0.494 e. The third kappa shape index (κ3) is 10.5. The zero-order chi connectivity index (χ0) is 31.1. The molecule has 240 valence electrons. The summed E-state index contributed by atoms with van der Waals surface area (Å²) < 4.78 is 29.4. The van der Waals surface area contributed by atoms with E-state index in [9.17, 15) is 5.11 Å². The molecule has 1 fully saturated rings. The number of ether oxygens (including phenoxy) is 5. The van der Waals surface area contributed by atoms with Crippen LogP contribution in [-0.4, -0.2) is 75.2 Å². The van der Waals surface area contributed by atoms with E-state index >= 15 is 0 Å². The van der Waals surface area contributed by atoms with Gasteiger partial charge in [-0.05, 0) is 70.8 Å². The summed E-state index contributed by atoms with van der Waals surface area (Å²) in [6, 6.07) is 31.1. The van der Waals surface area contributed by atoms with Crippen molar-refractivity contribution in [3.63, 3.8) is 0 Å². The molecule has 1 aliphatic rings. The summed E-state index contributed by atoms with van der Waals surface area (Å²) >= 11 is 0. The lowest BCUT2D eigenvalue weighted by Gasteiger charge is -2.32. The second-order valence-electron chi connectivity index (χ2n) is 11.4. The van der Waals surface area contributed by atoms with E-state index in [0.29, 0.717) is 45.6 Å². The lowest BCUT2D eigenvalue weighted by Crippen LogP contribution is -2.40. The van der Waals surface area contributed by atoms with Crippen LogP contribution in [0.3, 0.4) is 0 Å². The molecule has 0 aliphatic carbocycles. The van der Waals surface area contributed by atoms with Crippen molar-refractivity contribution >= 4 is 10.8 Å². The number of rotatable bonds is 18. The minimum absolute atomic E-state index is 0.0713. The zero-order valence-corrected chi connectivity index (χ0v) is 25.8. The lowest BCUT2D eigenvalue weighted by atomic mass is 9.87. The Hall–Kier alpha value is -3.50. The first kappa shape index (κ1) is 32.9. The van der Waals surface area contributed by atoms with Crippen LogP contribution in [0.25, 0.3) is 10.8 Å². The Labute approximate surface area is 265 Å². The number of piperidine rings is 1. The number of hydrogen-bond acceptors (Lipinski definition) is 8. The van der Waals surface area contributed by atoms with Crippen molar-refractivity contribution in [1.82, 2.24) is 5.32 Å². The summed E-state index contributed by atoms with van der Waals surface area (Å²) in [5.74, 6) is 1.95. The van der Waals surface area contributed by atoms with E-state index in [4.69, 9.17) is 28.8 Å². The van der Waals surface area contributed by atoms with Crippen LogP contribution in [0.15, 0.2) is 91.0 Å². The molecule has 5 rings (SSSR count). The molecule has 45 heavy (non-hydrogen) atoms. The Morgan fingerprint density at radius 2 is 1.53 bits per heavy atom. The smallest absolute Gasteiger partial charge is 0.120 e. The van der Waals surface area contributed by atoms with E-state index in [-0.39, 0.29) is 19.3 Å². The third-order valence-corrected chi connectivity index (χ3v) is 7.91. The first-order valence-corrected chi connectivity index (χ1v) is 15.9. The fourth-order valence-electron chi connectivity index (χ4n) is 5.46. The molecule has 0 aromatic heterocycles. The number of aliphatic hydroxyl groups is 2. The molecule has 8 heteroatoms. The van der Waals surface area contributed by atoms with Crippen LogP contribution in [0.4, 0.5) is 0 Å². The van der Waals surface area contributed by atoms with Gasteiger partial charge >= 0.3 is 0 Å². The molecule has 3 N–H and O–H groups in total. The molecule has 0 amide bonds. The molecule has 4 aromatic rings. The summed E-state index contributed by atoms with van der Waals surface area (Å²) in [5, 5.41) is 23.9. The molecule has 0 spiro atoms. The quantitative estimate of drug-likeness (QED) is 0.131. The molecule has 8 nitrogen and oxygen atoms in total. The number of nitrogens with one attached hydrogen (secondary N) is 1. The van der Waals surface area contributed by atoms with Gasteiger partial charge in [-0.1, -0.05) is 60.7 Å². The van der Waals surface area contributed by atoms with E-state index in [1.165, 1.54) is 11.1 Å². The van der Waals surface area contributed by atoms with Crippen LogP contribution in [0.2, 0.25) is 0 Å². The van der Waals surface area contributed by atoms with Crippen LogP contribution >= 0.6 is 0 Å². The molecule has 0 saturated carbocycles. The fourth-order valence-corrected chi connectivity index (χ4v) is 5.46. The van der Waals surface area contributed by atoms with Gasteiger partial charge in [0.1, 0.15) is 24.2 Å². The Bertz CT molecular complexity index is 1420. The molecular weight excluding hydrogens is 570 g/mol. The Morgan fingerprint density at radius 1 is 0.733 bits per heavy atom. The predicted octanol–water partition coefficient (Wildman–Crippen LogP) is 5.24. The third-order valence-electron chi connectivity index (χ3n) is 7.91. The highest BCUT2D eigenvalue weighted by Gasteiger charge is 2.27. The van der Waals surface area contributed by atoms with E-state index < -0.39 is 6.10 Å². The summed E-state index contributed by atoms with van der Waals surface area (Å²) in [7, 11) is 0. The van der Waals surface area contributed by atoms with Crippen LogP contribution in [-0.2, 0) is 27.4 Å². The Morgan fingerprint density at radius 3 is 2.38 bits per heavy atom. The van der Waals surface area contributed by atoms with Crippen LogP contribution in [0.5, 0.6) is 11.5 Å². The highest BCUT2D eigenvalue weighted by atomic mass is 16.5. The van der Waals surface area contributed by atoms with E-state index in [0.717, 1.165) is 53.8 Å². The van der Waals surface area contributed by atoms with Gasteiger partial charge in [0.05, 0.1) is 52.4 Å². The van der Waals surface area contributed by atoms with Crippen molar-refractivity contribution in [3.8, 4) is 11.5 Å². The maximum atomic E-state index is 9.36. The number of aliphatic hydroxyl groups excluding tert-OH is 2. The van der Waals surface area contributed by atoms with Gasteiger partial charge in [0, 0.05) is 18.9 Å². The van der Waals surface area contributed by atoms with Crippen molar-refractivity contribution in [1.29, 1.82) is 0 Å². The summed E-state index contributed by atoms with van der Waals surface area (Å²) in [4.78, 5) is 0. The Kier molecular flexibility index (Phi) is 13.0. The van der Waals surface area contributed by atoms with Crippen molar-refractivity contribution in [2.45, 2.75) is 44.2 Å². The van der Waals surface area contributed by atoms with Gasteiger partial charge in [0.25, 0.3) is 0 Å². The van der Waals surface area contributed by atoms with Crippen molar-refractivity contribution < 1.29 is 33.9 Å². The predicted molar refractivity (Wildman–Crippen MR) is 175 cm³/mol. The first-order valence-electron chi connectivity index (χ1n) is 15.9. The molecule has 1 heterocycles. The van der Waals surface area contributed by atoms with Gasteiger partial charge < -0.3 is 39.2 Å². The molecule has 1 aliphatic heterocycles. The fraction of sp³-hybridized carbons (Fsp3) is 0.405. The van der Waals surface area contributed by atoms with E-state index in [1.807, 2.05) is 36.4 Å². The van der Waals surface area contributed by atoms with Crippen LogP contribution < -0.4 is 14.8 Å². The Balaban J connectivity index is 1.07. The van der Waals surface area contributed by atoms with Crippen molar-refractivity contribution in [2.75, 3.05) is 52.7 Å². The summed E-state index contributed by atoms with van der Waals surface area (Å²) in [5.41, 5.74) is 3.57. The maximum Gasteiger partial charge on any atom is 0.120 e. The second-order valence-corrected chi connectivity index (χ2v) is 11.4. The SMILES string of the molecule is OCC(O)COCCOc1ccc2ccc(COC3CNCCC3c3ccc(OCCCOCc4ccccc4)cc3)cc2c1. The molecule has 0 radical (unpaired) electrons. The van der Waals surface area contributed by atoms with Gasteiger partial charge in [-0.25, -0.2) is 0 Å². The van der Waals surface area contributed by atoms with E-state index in [2.05, 4.69) is 59.9 Å². The van der Waals surface area contributed by atoms with Crippen molar-refractivity contribution in [3.05, 3.63) is 108 Å². The summed E-state index contributed by atoms with van der Waals surface area (Å²) in [6.45, 7) is 4.70. The molecular formula is C37H45NO7. The number of hydrogen-bond donors (Lipinski definition) is 3. The van der Waals surface area contributed by atoms with Gasteiger partial charge in [-0.3, -0.25) is 0 Å². The zero-order valence-electron chi connectivity index (χ0n) is 25.8. The minimum atomic E-state index is -0.863. The average molecular weight is 616 g/mol. The van der Waals surface area contributed by atoms with Crippen LogP contribution in [0, 0.1) is 0 Å². The molecule has 1 saturated heterocycles. The van der Waals surface area contributed by atoms with Crippen molar-refractivity contribution in [2.24, 2.45) is 0 Å². The van der Waals surface area contributed by atoms with Gasteiger partial charge in [-0.2, -0.15) is 0 Å². The lowest BCUT2D eigenvalue weighted by molar-refractivity contribution is -0.00137. The van der Waals surface area contributed by atoms with Gasteiger partial charge in [0.2, 0.25) is 0 Å². The van der Waals surface area contributed by atoms with Gasteiger partial charge in [0.15, 0.2) is 0 Å². The average Bonchev–Trinajstić information content (AvgIpc) is 3.09. The monoisotopic (exact) mass is 615 g/mol. The van der Waals surface area contributed by atoms with Gasteiger partial charge in [-0.15, -0.1) is 0 Å². The van der Waals surface area contributed by atoms with Crippen LogP contribution in [0.1, 0.15) is 35.4 Å².